The normalized spacial score (nSPS) is 37.0. The molecule has 13 heteroatoms. The molecule has 32 heavy (non-hydrogen) atoms. The van der Waals surface area contributed by atoms with E-state index in [1.165, 1.54) is 24.3 Å². The highest BCUT2D eigenvalue weighted by atomic mass is 16.8. The van der Waals surface area contributed by atoms with Crippen LogP contribution >= 0.6 is 0 Å². The molecule has 1 heterocycles. The minimum atomic E-state index is -3.75. The van der Waals surface area contributed by atoms with Crippen molar-refractivity contribution in [1.82, 2.24) is 0 Å². The van der Waals surface area contributed by atoms with Gasteiger partial charge in [0.25, 0.3) is 11.4 Å². The molecule has 0 amide bonds. The second-order valence-electron chi connectivity index (χ2n) is 7.15. The van der Waals surface area contributed by atoms with Crippen LogP contribution in [0.15, 0.2) is 30.3 Å². The zero-order valence-corrected chi connectivity index (χ0v) is 17.5. The second kappa shape index (κ2) is 9.07. The van der Waals surface area contributed by atoms with Crippen LogP contribution in [-0.2, 0) is 23.7 Å². The fourth-order valence-electron chi connectivity index (χ4n) is 3.91. The largest absolute Gasteiger partial charge is 0.477 e. The number of carboxylic acid groups (broad SMARTS) is 1. The van der Waals surface area contributed by atoms with Gasteiger partial charge in [-0.25, -0.2) is 4.79 Å². The number of rotatable bonds is 9. The van der Waals surface area contributed by atoms with Gasteiger partial charge in [-0.1, -0.05) is 30.3 Å². The number of methoxy groups -OCH3 is 3. The van der Waals surface area contributed by atoms with Gasteiger partial charge in [0.05, 0.1) is 6.61 Å². The lowest BCUT2D eigenvalue weighted by Gasteiger charge is -2.61. The molecule has 0 bridgehead atoms. The Hall–Kier alpha value is -2.04. The Labute approximate surface area is 182 Å². The SMILES string of the molecule is COC1(C(=O)c2ccccc2)C(O)(C(=O)O)O[C@@H]([C@H](O)[C@H](O)CO)[C@@](N)(OC)[C@]1(O)OC. The zero-order valence-electron chi connectivity index (χ0n) is 17.5. The van der Waals surface area contributed by atoms with E-state index >= 15 is 0 Å². The van der Waals surface area contributed by atoms with E-state index in [4.69, 9.17) is 24.7 Å². The fraction of sp³-hybridized carbons (Fsp3) is 0.579. The summed E-state index contributed by atoms with van der Waals surface area (Å²) in [6.45, 7) is -1.05. The molecule has 1 saturated heterocycles. The first-order valence-electron chi connectivity index (χ1n) is 9.25. The van der Waals surface area contributed by atoms with Gasteiger partial charge in [-0.3, -0.25) is 10.5 Å². The first-order chi connectivity index (χ1) is 14.9. The Balaban J connectivity index is 2.93. The number of aliphatic carboxylic acids is 1. The van der Waals surface area contributed by atoms with Crippen LogP contribution in [-0.4, -0.2) is 112 Å². The van der Waals surface area contributed by atoms with Gasteiger partial charge < -0.3 is 49.6 Å². The summed E-state index contributed by atoms with van der Waals surface area (Å²) >= 11 is 0. The molecule has 2 unspecified atom stereocenters. The van der Waals surface area contributed by atoms with Crippen LogP contribution in [0, 0.1) is 0 Å². The van der Waals surface area contributed by atoms with Crippen molar-refractivity contribution < 1.29 is 59.2 Å². The summed E-state index contributed by atoms with van der Waals surface area (Å²) in [7, 11) is 2.50. The minimum absolute atomic E-state index is 0.235. The van der Waals surface area contributed by atoms with Crippen LogP contribution < -0.4 is 5.73 Å². The maximum absolute atomic E-state index is 13.6. The molecule has 0 aliphatic carbocycles. The van der Waals surface area contributed by atoms with Crippen LogP contribution in [0.1, 0.15) is 10.4 Å². The third kappa shape index (κ3) is 3.26. The number of ketones is 1. The van der Waals surface area contributed by atoms with E-state index in [9.17, 15) is 40.2 Å². The molecule has 1 aromatic rings. The van der Waals surface area contributed by atoms with Crippen molar-refractivity contribution in [2.24, 2.45) is 5.73 Å². The standard InChI is InChI=1S/C19H27NO12/c1-29-16(13(24)10-7-5-4-6-8-10)18(27,15(25)26)32-14(12(23)11(22)9-21)17(20,30-2)19(16,28)31-3/h4-8,11-12,14,21-23,27-28H,9,20H2,1-3H3,(H,25,26)/t11-,12-,14+,16?,17-,18?,19-/m1/s1. The third-order valence-corrected chi connectivity index (χ3v) is 5.68. The maximum Gasteiger partial charge on any atom is 0.368 e. The Kier molecular flexibility index (Phi) is 7.43. The van der Waals surface area contributed by atoms with Crippen molar-refractivity contribution in [3.63, 3.8) is 0 Å². The lowest BCUT2D eigenvalue weighted by atomic mass is 9.68. The number of hydrogen-bond acceptors (Lipinski definition) is 12. The molecular weight excluding hydrogens is 434 g/mol. The summed E-state index contributed by atoms with van der Waals surface area (Å²) in [6.07, 6.45) is -6.50. The van der Waals surface area contributed by atoms with Gasteiger partial charge in [0, 0.05) is 26.9 Å². The number of aliphatic hydroxyl groups excluding tert-OH is 3. The van der Waals surface area contributed by atoms with E-state index in [1.807, 2.05) is 0 Å². The van der Waals surface area contributed by atoms with Gasteiger partial charge in [-0.05, 0) is 0 Å². The van der Waals surface area contributed by atoms with Gasteiger partial charge in [0.1, 0.15) is 18.3 Å². The van der Waals surface area contributed by atoms with Crippen LogP contribution in [0.5, 0.6) is 0 Å². The van der Waals surface area contributed by atoms with E-state index in [2.05, 4.69) is 0 Å². The number of ether oxygens (including phenoxy) is 4. The lowest BCUT2D eigenvalue weighted by molar-refractivity contribution is -0.475. The van der Waals surface area contributed by atoms with Crippen molar-refractivity contribution >= 4 is 11.8 Å². The molecule has 0 saturated carbocycles. The van der Waals surface area contributed by atoms with Gasteiger partial charge in [-0.2, -0.15) is 0 Å². The predicted octanol–water partition coefficient (Wildman–Crippen LogP) is -3.22. The van der Waals surface area contributed by atoms with Crippen molar-refractivity contribution in [3.05, 3.63) is 35.9 Å². The van der Waals surface area contributed by atoms with Crippen LogP contribution in [0.4, 0.5) is 0 Å². The predicted molar refractivity (Wildman–Crippen MR) is 103 cm³/mol. The molecule has 7 atom stereocenters. The van der Waals surface area contributed by atoms with Crippen molar-refractivity contribution in [3.8, 4) is 0 Å². The third-order valence-electron chi connectivity index (χ3n) is 5.68. The molecular formula is C19H27NO12. The quantitative estimate of drug-likeness (QED) is 0.142. The molecule has 1 aromatic carbocycles. The van der Waals surface area contributed by atoms with E-state index in [1.54, 1.807) is 6.07 Å². The smallest absolute Gasteiger partial charge is 0.368 e. The summed E-state index contributed by atoms with van der Waals surface area (Å²) in [5.41, 5.74) is -0.247. The Morgan fingerprint density at radius 3 is 2.06 bits per heavy atom. The number of nitrogens with two attached hydrogens (primary N) is 1. The lowest BCUT2D eigenvalue weighted by Crippen LogP contribution is -2.92. The van der Waals surface area contributed by atoms with Gasteiger partial charge in [-0.15, -0.1) is 0 Å². The van der Waals surface area contributed by atoms with Crippen molar-refractivity contribution in [2.75, 3.05) is 27.9 Å². The first-order valence-corrected chi connectivity index (χ1v) is 9.25. The van der Waals surface area contributed by atoms with Crippen molar-refractivity contribution in [2.45, 2.75) is 41.2 Å². The molecule has 8 N–H and O–H groups in total. The second-order valence-corrected chi connectivity index (χ2v) is 7.15. The highest BCUT2D eigenvalue weighted by Gasteiger charge is 2.85. The molecule has 0 radical (unpaired) electrons. The summed E-state index contributed by atoms with van der Waals surface area (Å²) in [5, 5.41) is 62.2. The number of carbonyl (C=O) groups is 2. The number of Topliss-reactive ketones (excluding diaryl/α,β-unsaturated/α-hetero) is 1. The Morgan fingerprint density at radius 1 is 1.09 bits per heavy atom. The van der Waals surface area contributed by atoms with Gasteiger partial charge in [0.15, 0.2) is 0 Å². The number of aliphatic hydroxyl groups is 5. The molecule has 1 aliphatic heterocycles. The molecule has 0 aromatic heterocycles. The van der Waals surface area contributed by atoms with Crippen molar-refractivity contribution in [1.29, 1.82) is 0 Å². The highest BCUT2D eigenvalue weighted by molar-refractivity contribution is 6.07. The summed E-state index contributed by atoms with van der Waals surface area (Å²) in [6, 6.07) is 6.86. The summed E-state index contributed by atoms with van der Waals surface area (Å²) in [4.78, 5) is 25.8. The van der Waals surface area contributed by atoms with E-state index in [0.29, 0.717) is 0 Å². The Morgan fingerprint density at radius 2 is 1.66 bits per heavy atom. The average Bonchev–Trinajstić information content (AvgIpc) is 2.80. The average molecular weight is 461 g/mol. The number of benzene rings is 1. The van der Waals surface area contributed by atoms with Gasteiger partial charge in [0.2, 0.25) is 11.5 Å². The molecule has 1 aliphatic rings. The maximum atomic E-state index is 13.6. The number of hydrogen-bond donors (Lipinski definition) is 7. The van der Waals surface area contributed by atoms with Crippen LogP contribution in [0.2, 0.25) is 0 Å². The molecule has 0 spiro atoms. The zero-order chi connectivity index (χ0) is 24.5. The van der Waals surface area contributed by atoms with Crippen LogP contribution in [0.25, 0.3) is 0 Å². The number of carboxylic acids is 1. The monoisotopic (exact) mass is 461 g/mol. The first kappa shape index (κ1) is 26.2. The molecule has 180 valence electrons. The topological polar surface area (TPSA) is 218 Å². The molecule has 13 nitrogen and oxygen atoms in total. The minimum Gasteiger partial charge on any atom is -0.477 e. The molecule has 2 rings (SSSR count). The highest BCUT2D eigenvalue weighted by Crippen LogP contribution is 2.52. The van der Waals surface area contributed by atoms with E-state index in [-0.39, 0.29) is 5.56 Å². The summed E-state index contributed by atoms with van der Waals surface area (Å²) in [5.74, 6) is -10.7. The molecule has 1 fully saturated rings. The Bertz CT molecular complexity index is 839. The van der Waals surface area contributed by atoms with E-state index in [0.717, 1.165) is 21.3 Å². The number of carbonyl (C=O) groups excluding carboxylic acids is 1. The van der Waals surface area contributed by atoms with Crippen LogP contribution in [0.3, 0.4) is 0 Å². The van der Waals surface area contributed by atoms with E-state index < -0.39 is 59.6 Å². The fourth-order valence-corrected chi connectivity index (χ4v) is 3.91. The van der Waals surface area contributed by atoms with Gasteiger partial charge >= 0.3 is 11.8 Å². The summed E-state index contributed by atoms with van der Waals surface area (Å²) < 4.78 is 20.5.